The maximum atomic E-state index is 12.9. The van der Waals surface area contributed by atoms with E-state index in [1.165, 1.54) is 4.90 Å². The molecular weight excluding hydrogens is 372 g/mol. The predicted octanol–water partition coefficient (Wildman–Crippen LogP) is -1.32. The van der Waals surface area contributed by atoms with Crippen LogP contribution in [0.25, 0.3) is 0 Å². The number of thioether (sulfide) groups is 1. The van der Waals surface area contributed by atoms with Crippen LogP contribution in [0, 0.1) is 0 Å². The molecular formula is C16H30N6O4S. The van der Waals surface area contributed by atoms with Crippen molar-refractivity contribution in [1.29, 1.82) is 0 Å². The largest absolute Gasteiger partial charge is 0.480 e. The van der Waals surface area contributed by atoms with E-state index in [1.54, 1.807) is 11.8 Å². The molecule has 1 aliphatic heterocycles. The first-order valence-corrected chi connectivity index (χ1v) is 10.3. The van der Waals surface area contributed by atoms with E-state index in [9.17, 15) is 19.5 Å². The Morgan fingerprint density at radius 2 is 2.04 bits per heavy atom. The summed E-state index contributed by atoms with van der Waals surface area (Å²) in [7, 11) is 0. The number of hydrogen-bond donors (Lipinski definition) is 5. The fraction of sp³-hybridized carbons (Fsp3) is 0.750. The Bertz CT molecular complexity index is 555. The highest BCUT2D eigenvalue weighted by Gasteiger charge is 2.37. The number of nitrogens with zero attached hydrogens (tertiary/aromatic N) is 2. The van der Waals surface area contributed by atoms with E-state index >= 15 is 0 Å². The van der Waals surface area contributed by atoms with Crippen LogP contribution in [-0.4, -0.2) is 77.0 Å². The lowest BCUT2D eigenvalue weighted by molar-refractivity contribution is -0.149. The molecule has 2 amide bonds. The van der Waals surface area contributed by atoms with E-state index in [0.717, 1.165) is 5.75 Å². The number of carbonyl (C=O) groups is 3. The number of aliphatic imine (C=N–C) groups is 1. The molecule has 1 fully saturated rings. The lowest BCUT2D eigenvalue weighted by atomic mass is 10.1. The van der Waals surface area contributed by atoms with Crippen molar-refractivity contribution >= 4 is 35.5 Å². The van der Waals surface area contributed by atoms with Crippen LogP contribution in [0.5, 0.6) is 0 Å². The smallest absolute Gasteiger partial charge is 0.326 e. The molecule has 154 valence electrons. The summed E-state index contributed by atoms with van der Waals surface area (Å²) in [6.45, 7) is 0.664. The van der Waals surface area contributed by atoms with Gasteiger partial charge < -0.3 is 32.5 Å². The Hall–Kier alpha value is -2.01. The van der Waals surface area contributed by atoms with Crippen LogP contribution >= 0.6 is 11.8 Å². The zero-order chi connectivity index (χ0) is 20.4. The standard InChI is InChI=1S/C16H30N6O4S/c1-27-9-6-10(17)13(23)21-11(4-2-7-20-16(18)19)14(24)22-8-3-5-12(22)15(25)26/h10-12H,2-9,17H2,1H3,(H,21,23)(H,25,26)(H4,18,19,20)/t10-,11-,12+/m0/s1. The average Bonchev–Trinajstić information content (AvgIpc) is 3.11. The Balaban J connectivity index is 2.79. The minimum Gasteiger partial charge on any atom is -0.480 e. The molecule has 1 heterocycles. The zero-order valence-corrected chi connectivity index (χ0v) is 16.4. The summed E-state index contributed by atoms with van der Waals surface area (Å²) in [5, 5.41) is 12.0. The number of guanidine groups is 1. The molecule has 0 radical (unpaired) electrons. The van der Waals surface area contributed by atoms with Gasteiger partial charge in [-0.3, -0.25) is 14.6 Å². The van der Waals surface area contributed by atoms with Crippen molar-refractivity contribution in [3.8, 4) is 0 Å². The topological polar surface area (TPSA) is 177 Å². The molecule has 11 heteroatoms. The summed E-state index contributed by atoms with van der Waals surface area (Å²) in [6.07, 6.45) is 4.18. The molecule has 8 N–H and O–H groups in total. The zero-order valence-electron chi connectivity index (χ0n) is 15.6. The minimum atomic E-state index is -1.04. The number of amides is 2. The van der Waals surface area contributed by atoms with Crippen molar-refractivity contribution in [1.82, 2.24) is 10.2 Å². The number of nitrogens with two attached hydrogens (primary N) is 3. The van der Waals surface area contributed by atoms with Gasteiger partial charge in [-0.15, -0.1) is 0 Å². The van der Waals surface area contributed by atoms with E-state index in [1.807, 2.05) is 6.26 Å². The SMILES string of the molecule is CSCC[C@H](N)C(=O)N[C@@H](CCCN=C(N)N)C(=O)N1CCC[C@@H]1C(=O)O. The molecule has 0 aromatic rings. The van der Waals surface area contributed by atoms with Crippen LogP contribution in [-0.2, 0) is 14.4 Å². The maximum Gasteiger partial charge on any atom is 0.326 e. The van der Waals surface area contributed by atoms with Crippen LogP contribution in [0.3, 0.4) is 0 Å². The second kappa shape index (κ2) is 11.7. The lowest BCUT2D eigenvalue weighted by Gasteiger charge is -2.28. The number of carbonyl (C=O) groups excluding carboxylic acids is 2. The average molecular weight is 403 g/mol. The maximum absolute atomic E-state index is 12.9. The summed E-state index contributed by atoms with van der Waals surface area (Å²) in [5.41, 5.74) is 16.4. The molecule has 0 spiro atoms. The molecule has 0 aromatic carbocycles. The van der Waals surface area contributed by atoms with E-state index in [-0.39, 0.29) is 5.96 Å². The predicted molar refractivity (Wildman–Crippen MR) is 105 cm³/mol. The van der Waals surface area contributed by atoms with Crippen molar-refractivity contribution in [2.24, 2.45) is 22.2 Å². The van der Waals surface area contributed by atoms with Crippen LogP contribution in [0.4, 0.5) is 0 Å². The summed E-state index contributed by atoms with van der Waals surface area (Å²) in [4.78, 5) is 41.8. The third-order valence-electron chi connectivity index (χ3n) is 4.35. The highest BCUT2D eigenvalue weighted by Crippen LogP contribution is 2.19. The van der Waals surface area contributed by atoms with Crippen molar-refractivity contribution in [3.05, 3.63) is 0 Å². The fourth-order valence-corrected chi connectivity index (χ4v) is 3.39. The summed E-state index contributed by atoms with van der Waals surface area (Å²) >= 11 is 1.58. The van der Waals surface area contributed by atoms with Gasteiger partial charge in [0.1, 0.15) is 12.1 Å². The number of nitrogens with one attached hydrogen (secondary N) is 1. The molecule has 0 aromatic heterocycles. The molecule has 1 rings (SSSR count). The Labute approximate surface area is 163 Å². The van der Waals surface area contributed by atoms with Gasteiger partial charge in [0.15, 0.2) is 5.96 Å². The van der Waals surface area contributed by atoms with Crippen molar-refractivity contribution in [2.45, 2.75) is 50.2 Å². The Morgan fingerprint density at radius 1 is 1.33 bits per heavy atom. The van der Waals surface area contributed by atoms with Gasteiger partial charge in [0.2, 0.25) is 11.8 Å². The lowest BCUT2D eigenvalue weighted by Crippen LogP contribution is -2.54. The Kier molecular flexibility index (Phi) is 9.94. The second-order valence-electron chi connectivity index (χ2n) is 6.43. The molecule has 0 unspecified atom stereocenters. The number of carboxylic acids is 1. The van der Waals surface area contributed by atoms with Gasteiger partial charge in [-0.2, -0.15) is 11.8 Å². The molecule has 1 saturated heterocycles. The molecule has 3 atom stereocenters. The molecule has 0 aliphatic carbocycles. The van der Waals surface area contributed by atoms with E-state index in [4.69, 9.17) is 17.2 Å². The summed E-state index contributed by atoms with van der Waals surface area (Å²) in [6, 6.07) is -2.44. The van der Waals surface area contributed by atoms with E-state index in [0.29, 0.717) is 45.2 Å². The van der Waals surface area contributed by atoms with Crippen molar-refractivity contribution in [2.75, 3.05) is 25.1 Å². The van der Waals surface area contributed by atoms with Gasteiger partial charge in [0, 0.05) is 13.1 Å². The normalized spacial score (nSPS) is 18.6. The van der Waals surface area contributed by atoms with Crippen LogP contribution in [0.2, 0.25) is 0 Å². The first-order valence-electron chi connectivity index (χ1n) is 8.91. The highest BCUT2D eigenvalue weighted by molar-refractivity contribution is 7.98. The van der Waals surface area contributed by atoms with Crippen LogP contribution in [0.1, 0.15) is 32.1 Å². The first kappa shape index (κ1) is 23.0. The number of carboxylic acid groups (broad SMARTS) is 1. The fourth-order valence-electron chi connectivity index (χ4n) is 2.90. The van der Waals surface area contributed by atoms with E-state index in [2.05, 4.69) is 10.3 Å². The molecule has 1 aliphatic rings. The monoisotopic (exact) mass is 402 g/mol. The second-order valence-corrected chi connectivity index (χ2v) is 7.41. The number of aliphatic carboxylic acids is 1. The molecule has 0 saturated carbocycles. The third-order valence-corrected chi connectivity index (χ3v) is 4.99. The van der Waals surface area contributed by atoms with Gasteiger partial charge in [-0.05, 0) is 44.1 Å². The van der Waals surface area contributed by atoms with Gasteiger partial charge >= 0.3 is 5.97 Å². The first-order chi connectivity index (χ1) is 12.8. The number of hydrogen-bond acceptors (Lipinski definition) is 6. The van der Waals surface area contributed by atoms with Crippen molar-refractivity contribution < 1.29 is 19.5 Å². The number of rotatable bonds is 11. The molecule has 10 nitrogen and oxygen atoms in total. The van der Waals surface area contributed by atoms with Gasteiger partial charge in [0.25, 0.3) is 0 Å². The van der Waals surface area contributed by atoms with Gasteiger partial charge in [-0.1, -0.05) is 0 Å². The number of likely N-dealkylation sites (tertiary alicyclic amines) is 1. The molecule has 0 bridgehead atoms. The van der Waals surface area contributed by atoms with Crippen LogP contribution in [0.15, 0.2) is 4.99 Å². The van der Waals surface area contributed by atoms with Gasteiger partial charge in [-0.25, -0.2) is 4.79 Å². The van der Waals surface area contributed by atoms with Crippen molar-refractivity contribution in [3.63, 3.8) is 0 Å². The van der Waals surface area contributed by atoms with Crippen LogP contribution < -0.4 is 22.5 Å². The third kappa shape index (κ3) is 7.63. The minimum absolute atomic E-state index is 0.0496. The van der Waals surface area contributed by atoms with E-state index < -0.39 is 35.9 Å². The van der Waals surface area contributed by atoms with Gasteiger partial charge in [0.05, 0.1) is 6.04 Å². The quantitative estimate of drug-likeness (QED) is 0.160. The highest BCUT2D eigenvalue weighted by atomic mass is 32.2. The summed E-state index contributed by atoms with van der Waals surface area (Å²) in [5.74, 6) is -1.19. The Morgan fingerprint density at radius 3 is 2.63 bits per heavy atom. The summed E-state index contributed by atoms with van der Waals surface area (Å²) < 4.78 is 0. The molecule has 27 heavy (non-hydrogen) atoms.